The number of nitrogens with one attached hydrogen (secondary N) is 1. The van der Waals surface area contributed by atoms with Crippen LogP contribution >= 0.6 is 0 Å². The lowest BCUT2D eigenvalue weighted by atomic mass is 9.98. The van der Waals surface area contributed by atoms with E-state index in [2.05, 4.69) is 19.2 Å². The van der Waals surface area contributed by atoms with Gasteiger partial charge in [-0.1, -0.05) is 13.8 Å². The molecule has 90 valence electrons. The predicted octanol–water partition coefficient (Wildman–Crippen LogP) is 0.901. The van der Waals surface area contributed by atoms with Crippen LogP contribution in [0.3, 0.4) is 0 Å². The summed E-state index contributed by atoms with van der Waals surface area (Å²) in [7, 11) is 1.64. The van der Waals surface area contributed by atoms with Crippen molar-refractivity contribution in [2.24, 2.45) is 11.7 Å². The number of hydrogen-bond acceptors (Lipinski definition) is 3. The van der Waals surface area contributed by atoms with Crippen molar-refractivity contribution in [2.75, 3.05) is 13.7 Å². The van der Waals surface area contributed by atoms with Crippen LogP contribution in [0.25, 0.3) is 0 Å². The number of hydrogen-bond donors (Lipinski definition) is 2. The zero-order chi connectivity index (χ0) is 12.1. The van der Waals surface area contributed by atoms with Crippen LogP contribution in [0, 0.1) is 5.92 Å². The Morgan fingerprint density at radius 1 is 1.47 bits per heavy atom. The normalized spacial score (nSPS) is 14.3. The number of nitrogens with two attached hydrogens (primary N) is 1. The van der Waals surface area contributed by atoms with E-state index in [1.807, 2.05) is 13.8 Å². The number of rotatable bonds is 7. The number of methoxy groups -OCH3 is 1. The molecule has 0 fully saturated rings. The smallest absolute Gasteiger partial charge is 0.234 e. The minimum Gasteiger partial charge on any atom is -0.379 e. The summed E-state index contributed by atoms with van der Waals surface area (Å²) in [6.45, 7) is 8.85. The molecule has 4 heteroatoms. The lowest BCUT2D eigenvalue weighted by Crippen LogP contribution is -2.47. The second kappa shape index (κ2) is 6.08. The maximum atomic E-state index is 11.2. The van der Waals surface area contributed by atoms with E-state index >= 15 is 0 Å². The van der Waals surface area contributed by atoms with Crippen LogP contribution in [0.2, 0.25) is 0 Å². The summed E-state index contributed by atoms with van der Waals surface area (Å²) >= 11 is 0. The Hall–Kier alpha value is -0.610. The van der Waals surface area contributed by atoms with Gasteiger partial charge in [-0.05, 0) is 26.3 Å². The largest absolute Gasteiger partial charge is 0.379 e. The Morgan fingerprint density at radius 3 is 2.33 bits per heavy atom. The highest BCUT2D eigenvalue weighted by Crippen LogP contribution is 2.15. The zero-order valence-electron chi connectivity index (χ0n) is 10.5. The molecule has 3 N–H and O–H groups in total. The van der Waals surface area contributed by atoms with Crippen LogP contribution in [0.1, 0.15) is 34.1 Å². The minimum atomic E-state index is -0.330. The molecule has 4 nitrogen and oxygen atoms in total. The average molecular weight is 216 g/mol. The topological polar surface area (TPSA) is 64.3 Å². The van der Waals surface area contributed by atoms with Gasteiger partial charge in [0, 0.05) is 13.5 Å². The lowest BCUT2D eigenvalue weighted by molar-refractivity contribution is -0.122. The molecule has 1 amide bonds. The molecule has 0 aliphatic heterocycles. The molecule has 0 aliphatic rings. The fraction of sp³-hybridized carbons (Fsp3) is 0.909. The monoisotopic (exact) mass is 216 g/mol. The molecule has 0 bridgehead atoms. The second-order valence-corrected chi connectivity index (χ2v) is 4.92. The van der Waals surface area contributed by atoms with Crippen molar-refractivity contribution >= 4 is 5.91 Å². The Bertz CT molecular complexity index is 203. The first-order chi connectivity index (χ1) is 6.78. The van der Waals surface area contributed by atoms with E-state index in [9.17, 15) is 4.79 Å². The van der Waals surface area contributed by atoms with Crippen molar-refractivity contribution in [1.82, 2.24) is 5.32 Å². The lowest BCUT2D eigenvalue weighted by Gasteiger charge is -2.28. The van der Waals surface area contributed by atoms with Gasteiger partial charge < -0.3 is 15.8 Å². The second-order valence-electron chi connectivity index (χ2n) is 4.92. The molecule has 0 spiro atoms. The van der Waals surface area contributed by atoms with Crippen LogP contribution < -0.4 is 11.1 Å². The first kappa shape index (κ1) is 14.4. The summed E-state index contributed by atoms with van der Waals surface area (Å²) < 4.78 is 5.28. The SMILES string of the molecule is COC(C)(C)CC(NCC(C)C)C(N)=O. The van der Waals surface area contributed by atoms with E-state index in [1.165, 1.54) is 0 Å². The highest BCUT2D eigenvalue weighted by Gasteiger charge is 2.26. The van der Waals surface area contributed by atoms with Crippen LogP contribution in [-0.2, 0) is 9.53 Å². The van der Waals surface area contributed by atoms with Gasteiger partial charge in [0.25, 0.3) is 0 Å². The third kappa shape index (κ3) is 6.47. The third-order valence-electron chi connectivity index (χ3n) is 2.36. The molecule has 0 saturated heterocycles. The quantitative estimate of drug-likeness (QED) is 0.664. The molecule has 0 aromatic carbocycles. The Morgan fingerprint density at radius 2 is 2.00 bits per heavy atom. The standard InChI is InChI=1S/C11H24N2O2/c1-8(2)7-13-9(10(12)14)6-11(3,4)15-5/h8-9,13H,6-7H2,1-5H3,(H2,12,14). The van der Waals surface area contributed by atoms with Crippen LogP contribution in [0.5, 0.6) is 0 Å². The minimum absolute atomic E-state index is 0.317. The van der Waals surface area contributed by atoms with Gasteiger partial charge in [0.15, 0.2) is 0 Å². The van der Waals surface area contributed by atoms with Crippen LogP contribution in [0.4, 0.5) is 0 Å². The number of ether oxygens (including phenoxy) is 1. The molecule has 0 aliphatic carbocycles. The van der Waals surface area contributed by atoms with E-state index in [0.717, 1.165) is 6.54 Å². The van der Waals surface area contributed by atoms with E-state index < -0.39 is 0 Å². The van der Waals surface area contributed by atoms with Crippen molar-refractivity contribution < 1.29 is 9.53 Å². The summed E-state index contributed by atoms with van der Waals surface area (Å²) in [5.74, 6) is 0.179. The van der Waals surface area contributed by atoms with Gasteiger partial charge in [-0.15, -0.1) is 0 Å². The maximum Gasteiger partial charge on any atom is 0.234 e. The Labute approximate surface area is 92.6 Å². The predicted molar refractivity (Wildman–Crippen MR) is 61.5 cm³/mol. The number of carbonyl (C=O) groups is 1. The molecule has 0 radical (unpaired) electrons. The number of amides is 1. The number of primary amides is 1. The fourth-order valence-corrected chi connectivity index (χ4v) is 1.23. The summed E-state index contributed by atoms with van der Waals surface area (Å²) in [6.07, 6.45) is 0.589. The van der Waals surface area contributed by atoms with E-state index in [4.69, 9.17) is 10.5 Å². The van der Waals surface area contributed by atoms with Gasteiger partial charge in [-0.3, -0.25) is 4.79 Å². The summed E-state index contributed by atoms with van der Waals surface area (Å²) in [5.41, 5.74) is 5.00. The van der Waals surface area contributed by atoms with Crippen molar-refractivity contribution in [1.29, 1.82) is 0 Å². The molecule has 0 heterocycles. The molecule has 15 heavy (non-hydrogen) atoms. The Balaban J connectivity index is 4.22. The first-order valence-electron chi connectivity index (χ1n) is 5.36. The van der Waals surface area contributed by atoms with E-state index in [1.54, 1.807) is 7.11 Å². The molecule has 0 rings (SSSR count). The van der Waals surface area contributed by atoms with Crippen molar-refractivity contribution in [3.63, 3.8) is 0 Å². The molecule has 1 unspecified atom stereocenters. The van der Waals surface area contributed by atoms with E-state index in [-0.39, 0.29) is 17.6 Å². The Kier molecular flexibility index (Phi) is 5.83. The molecular weight excluding hydrogens is 192 g/mol. The third-order valence-corrected chi connectivity index (χ3v) is 2.36. The molecule has 0 aromatic rings. The summed E-state index contributed by atoms with van der Waals surface area (Å²) in [4.78, 5) is 11.2. The molecule has 0 aromatic heterocycles. The van der Waals surface area contributed by atoms with Crippen molar-refractivity contribution in [3.05, 3.63) is 0 Å². The van der Waals surface area contributed by atoms with Crippen LogP contribution in [-0.4, -0.2) is 31.2 Å². The van der Waals surface area contributed by atoms with Gasteiger partial charge in [-0.25, -0.2) is 0 Å². The zero-order valence-corrected chi connectivity index (χ0v) is 10.5. The molecule has 1 atom stereocenters. The first-order valence-corrected chi connectivity index (χ1v) is 5.36. The van der Waals surface area contributed by atoms with Gasteiger partial charge in [0.2, 0.25) is 5.91 Å². The van der Waals surface area contributed by atoms with Gasteiger partial charge >= 0.3 is 0 Å². The average Bonchev–Trinajstić information content (AvgIpc) is 2.11. The van der Waals surface area contributed by atoms with Crippen molar-refractivity contribution in [2.45, 2.75) is 45.8 Å². The highest BCUT2D eigenvalue weighted by molar-refractivity contribution is 5.79. The van der Waals surface area contributed by atoms with E-state index in [0.29, 0.717) is 12.3 Å². The maximum absolute atomic E-state index is 11.2. The molecule has 0 saturated carbocycles. The fourth-order valence-electron chi connectivity index (χ4n) is 1.23. The number of carbonyl (C=O) groups excluding carboxylic acids is 1. The van der Waals surface area contributed by atoms with Crippen LogP contribution in [0.15, 0.2) is 0 Å². The summed E-state index contributed by atoms with van der Waals surface area (Å²) in [5, 5.41) is 3.15. The molecular formula is C11H24N2O2. The van der Waals surface area contributed by atoms with Crippen molar-refractivity contribution in [3.8, 4) is 0 Å². The van der Waals surface area contributed by atoms with Gasteiger partial charge in [-0.2, -0.15) is 0 Å². The van der Waals surface area contributed by atoms with Gasteiger partial charge in [0.05, 0.1) is 11.6 Å². The highest BCUT2D eigenvalue weighted by atomic mass is 16.5. The summed E-state index contributed by atoms with van der Waals surface area (Å²) in [6, 6.07) is -0.317. The van der Waals surface area contributed by atoms with Gasteiger partial charge in [0.1, 0.15) is 0 Å².